The molecule has 0 atom stereocenters. The maximum atomic E-state index is 12.3. The fourth-order valence-electron chi connectivity index (χ4n) is 2.10. The smallest absolute Gasteiger partial charge is 0.418 e. The summed E-state index contributed by atoms with van der Waals surface area (Å²) < 4.78 is 12.1. The summed E-state index contributed by atoms with van der Waals surface area (Å²) in [5, 5.41) is 1.44. The van der Waals surface area contributed by atoms with Crippen LogP contribution in [0.4, 0.5) is 4.79 Å². The molecule has 124 valence electrons. The van der Waals surface area contributed by atoms with E-state index in [1.807, 2.05) is 26.8 Å². The fraction of sp³-hybridized carbons (Fsp3) is 0.444. The van der Waals surface area contributed by atoms with Crippen molar-refractivity contribution in [3.63, 3.8) is 0 Å². The molecule has 0 aliphatic heterocycles. The summed E-state index contributed by atoms with van der Waals surface area (Å²) in [5.41, 5.74) is -0.728. The van der Waals surface area contributed by atoms with Gasteiger partial charge in [0.15, 0.2) is 0 Å². The molecule has 0 spiro atoms. The Hall–Kier alpha value is -2.30. The Morgan fingerprint density at radius 1 is 0.913 bits per heavy atom. The summed E-state index contributed by atoms with van der Waals surface area (Å²) in [6, 6.07) is 5.29. The molecule has 0 fully saturated rings. The number of rotatable bonds is 1. The zero-order valence-corrected chi connectivity index (χ0v) is 14.5. The first kappa shape index (κ1) is 17.1. The first-order valence-electron chi connectivity index (χ1n) is 7.54. The molecule has 0 bridgehead atoms. The van der Waals surface area contributed by atoms with Gasteiger partial charge in [-0.2, -0.15) is 0 Å². The molecule has 5 heteroatoms. The number of esters is 1. The SMILES string of the molecule is CC(C)(C)OC(=O)c1cccc2cn(C(=O)OC(C)(C)C)cc12. The topological polar surface area (TPSA) is 57.5 Å². The first-order valence-corrected chi connectivity index (χ1v) is 7.54. The van der Waals surface area contributed by atoms with Gasteiger partial charge in [-0.25, -0.2) is 9.59 Å². The average molecular weight is 317 g/mol. The number of nitrogens with zero attached hydrogens (tertiary/aromatic N) is 1. The molecule has 0 aliphatic carbocycles. The van der Waals surface area contributed by atoms with Gasteiger partial charge in [-0.15, -0.1) is 0 Å². The van der Waals surface area contributed by atoms with E-state index in [1.165, 1.54) is 4.57 Å². The van der Waals surface area contributed by atoms with Gasteiger partial charge >= 0.3 is 12.1 Å². The van der Waals surface area contributed by atoms with Gasteiger partial charge in [0.25, 0.3) is 0 Å². The van der Waals surface area contributed by atoms with Crippen LogP contribution in [0, 0.1) is 0 Å². The van der Waals surface area contributed by atoms with Gasteiger partial charge in [-0.1, -0.05) is 12.1 Å². The summed E-state index contributed by atoms with van der Waals surface area (Å²) in [6.07, 6.45) is 2.77. The van der Waals surface area contributed by atoms with Gasteiger partial charge in [-0.05, 0) is 47.6 Å². The van der Waals surface area contributed by atoms with Crippen LogP contribution in [0.15, 0.2) is 30.6 Å². The number of fused-ring (bicyclic) bond motifs is 1. The molecule has 0 saturated carbocycles. The van der Waals surface area contributed by atoms with Crippen LogP contribution < -0.4 is 0 Å². The predicted molar refractivity (Wildman–Crippen MR) is 88.7 cm³/mol. The van der Waals surface area contributed by atoms with Gasteiger partial charge in [0.1, 0.15) is 11.2 Å². The molecule has 0 N–H and O–H groups in total. The first-order chi connectivity index (χ1) is 10.5. The number of ether oxygens (including phenoxy) is 2. The number of benzene rings is 1. The number of aromatic nitrogens is 1. The highest BCUT2D eigenvalue weighted by Gasteiger charge is 2.22. The Balaban J connectivity index is 2.39. The van der Waals surface area contributed by atoms with Crippen LogP contribution in [0.25, 0.3) is 10.8 Å². The Morgan fingerprint density at radius 3 is 2.09 bits per heavy atom. The van der Waals surface area contributed by atoms with Crippen molar-refractivity contribution in [3.8, 4) is 0 Å². The van der Waals surface area contributed by atoms with Crippen LogP contribution in [-0.2, 0) is 9.47 Å². The molecule has 0 radical (unpaired) electrons. The lowest BCUT2D eigenvalue weighted by Crippen LogP contribution is -2.26. The van der Waals surface area contributed by atoms with Crippen molar-refractivity contribution in [2.24, 2.45) is 0 Å². The van der Waals surface area contributed by atoms with E-state index in [9.17, 15) is 9.59 Å². The third kappa shape index (κ3) is 4.34. The molecule has 0 saturated heterocycles. The summed E-state index contributed by atoms with van der Waals surface area (Å²) in [5.74, 6) is -0.412. The molecular formula is C18H23NO4. The molecule has 0 aliphatic rings. The van der Waals surface area contributed by atoms with Crippen molar-refractivity contribution in [2.45, 2.75) is 52.7 Å². The van der Waals surface area contributed by atoms with Crippen LogP contribution in [0.1, 0.15) is 51.9 Å². The molecule has 5 nitrogen and oxygen atoms in total. The van der Waals surface area contributed by atoms with Crippen LogP contribution in [0.2, 0.25) is 0 Å². The van der Waals surface area contributed by atoms with E-state index in [2.05, 4.69) is 0 Å². The minimum atomic E-state index is -0.582. The molecule has 1 aromatic heterocycles. The van der Waals surface area contributed by atoms with Crippen LogP contribution >= 0.6 is 0 Å². The highest BCUT2D eigenvalue weighted by molar-refractivity contribution is 6.05. The van der Waals surface area contributed by atoms with Crippen LogP contribution in [0.5, 0.6) is 0 Å². The maximum Gasteiger partial charge on any atom is 0.418 e. The maximum absolute atomic E-state index is 12.3. The third-order valence-corrected chi connectivity index (χ3v) is 2.91. The predicted octanol–water partition coefficient (Wildman–Crippen LogP) is 4.38. The quantitative estimate of drug-likeness (QED) is 0.732. The second kappa shape index (κ2) is 5.72. The van der Waals surface area contributed by atoms with E-state index in [0.717, 1.165) is 5.39 Å². The molecule has 2 rings (SSSR count). The zero-order chi connectivity index (χ0) is 17.4. The largest absolute Gasteiger partial charge is 0.456 e. The van der Waals surface area contributed by atoms with E-state index in [1.54, 1.807) is 45.3 Å². The Morgan fingerprint density at radius 2 is 1.52 bits per heavy atom. The van der Waals surface area contributed by atoms with Crippen molar-refractivity contribution in [3.05, 3.63) is 36.2 Å². The van der Waals surface area contributed by atoms with Gasteiger partial charge in [-0.3, -0.25) is 4.57 Å². The summed E-state index contributed by atoms with van der Waals surface area (Å²) in [6.45, 7) is 10.9. The van der Waals surface area contributed by atoms with Gasteiger partial charge < -0.3 is 9.47 Å². The van der Waals surface area contributed by atoms with Crippen molar-refractivity contribution < 1.29 is 19.1 Å². The van der Waals surface area contributed by atoms with E-state index >= 15 is 0 Å². The lowest BCUT2D eigenvalue weighted by Gasteiger charge is -2.19. The van der Waals surface area contributed by atoms with Crippen molar-refractivity contribution >= 4 is 22.8 Å². The lowest BCUT2D eigenvalue weighted by molar-refractivity contribution is 0.00714. The molecule has 2 aromatic rings. The molecule has 1 heterocycles. The summed E-state index contributed by atoms with van der Waals surface area (Å²) in [7, 11) is 0. The van der Waals surface area contributed by atoms with Crippen molar-refractivity contribution in [1.29, 1.82) is 0 Å². The second-order valence-electron chi connectivity index (χ2n) is 7.46. The summed E-state index contributed by atoms with van der Waals surface area (Å²) >= 11 is 0. The Labute approximate surface area is 136 Å². The van der Waals surface area contributed by atoms with Crippen molar-refractivity contribution in [2.75, 3.05) is 0 Å². The minimum Gasteiger partial charge on any atom is -0.456 e. The molecule has 0 amide bonds. The highest BCUT2D eigenvalue weighted by atomic mass is 16.6. The average Bonchev–Trinajstić information content (AvgIpc) is 2.77. The highest BCUT2D eigenvalue weighted by Crippen LogP contribution is 2.23. The monoisotopic (exact) mass is 317 g/mol. The van der Waals surface area contributed by atoms with E-state index in [-0.39, 0.29) is 0 Å². The minimum absolute atomic E-state index is 0.412. The zero-order valence-electron chi connectivity index (χ0n) is 14.5. The normalized spacial score (nSPS) is 12.3. The molecular weight excluding hydrogens is 294 g/mol. The number of hydrogen-bond acceptors (Lipinski definition) is 4. The van der Waals surface area contributed by atoms with Gasteiger partial charge in [0, 0.05) is 23.2 Å². The Bertz CT molecular complexity index is 744. The second-order valence-corrected chi connectivity index (χ2v) is 7.46. The van der Waals surface area contributed by atoms with Crippen LogP contribution in [-0.4, -0.2) is 27.8 Å². The molecule has 0 unspecified atom stereocenters. The number of carbonyl (C=O) groups is 2. The number of carbonyl (C=O) groups excluding carboxylic acids is 2. The van der Waals surface area contributed by atoms with Gasteiger partial charge in [0.05, 0.1) is 5.56 Å². The molecule has 1 aromatic carbocycles. The number of hydrogen-bond donors (Lipinski definition) is 0. The summed E-state index contributed by atoms with van der Waals surface area (Å²) in [4.78, 5) is 24.5. The van der Waals surface area contributed by atoms with Crippen molar-refractivity contribution in [1.82, 2.24) is 4.57 Å². The lowest BCUT2D eigenvalue weighted by atomic mass is 10.1. The van der Waals surface area contributed by atoms with E-state index in [0.29, 0.717) is 10.9 Å². The Kier molecular flexibility index (Phi) is 4.24. The fourth-order valence-corrected chi connectivity index (χ4v) is 2.10. The van der Waals surface area contributed by atoms with E-state index in [4.69, 9.17) is 9.47 Å². The van der Waals surface area contributed by atoms with E-state index < -0.39 is 23.3 Å². The van der Waals surface area contributed by atoms with Crippen LogP contribution in [0.3, 0.4) is 0 Å². The van der Waals surface area contributed by atoms with Gasteiger partial charge in [0.2, 0.25) is 0 Å². The standard InChI is InChI=1S/C18H23NO4/c1-17(2,3)22-15(20)13-9-7-8-12-10-19(11-14(12)13)16(21)23-18(4,5)6/h7-11H,1-6H3. The molecule has 23 heavy (non-hydrogen) atoms. The third-order valence-electron chi connectivity index (χ3n) is 2.91.